The van der Waals surface area contributed by atoms with Crippen LogP contribution in [0, 0.1) is 0 Å². The molecule has 4 nitrogen and oxygen atoms in total. The highest BCUT2D eigenvalue weighted by atomic mass is 79.9. The van der Waals surface area contributed by atoms with Crippen LogP contribution in [-0.4, -0.2) is 40.2 Å². The molecule has 0 saturated heterocycles. The van der Waals surface area contributed by atoms with Crippen molar-refractivity contribution < 1.29 is 9.90 Å². The third-order valence-electron chi connectivity index (χ3n) is 3.12. The Bertz CT molecular complexity index is 402. The van der Waals surface area contributed by atoms with E-state index in [1.807, 2.05) is 6.20 Å². The Morgan fingerprint density at radius 2 is 2.17 bits per heavy atom. The van der Waals surface area contributed by atoms with E-state index in [4.69, 9.17) is 5.11 Å². The first-order valence-electron chi connectivity index (χ1n) is 6.21. The first-order chi connectivity index (χ1) is 8.41. The predicted octanol–water partition coefficient (Wildman–Crippen LogP) is 3.07. The molecule has 18 heavy (non-hydrogen) atoms. The van der Waals surface area contributed by atoms with Crippen LogP contribution in [0.2, 0.25) is 0 Å². The Morgan fingerprint density at radius 1 is 1.50 bits per heavy atom. The van der Waals surface area contributed by atoms with Gasteiger partial charge in [-0.1, -0.05) is 0 Å². The number of aromatic nitrogens is 1. The lowest BCUT2D eigenvalue weighted by atomic mass is 10.2. The molecule has 0 atom stereocenters. The van der Waals surface area contributed by atoms with Crippen LogP contribution in [0.4, 0.5) is 0 Å². The second kappa shape index (κ2) is 6.95. The minimum atomic E-state index is -0.875. The number of carboxylic acids is 1. The third-order valence-corrected chi connectivity index (χ3v) is 3.56. The average molecular weight is 317 g/mol. The van der Waals surface area contributed by atoms with E-state index in [1.54, 1.807) is 10.6 Å². The van der Waals surface area contributed by atoms with Crippen LogP contribution in [0.15, 0.2) is 16.7 Å². The van der Waals surface area contributed by atoms with Crippen molar-refractivity contribution in [3.8, 4) is 0 Å². The molecule has 102 valence electrons. The maximum atomic E-state index is 11.0. The average Bonchev–Trinajstić information content (AvgIpc) is 2.65. The fraction of sp³-hybridized carbons (Fsp3) is 0.615. The van der Waals surface area contributed by atoms with Gasteiger partial charge in [0, 0.05) is 23.3 Å². The van der Waals surface area contributed by atoms with E-state index >= 15 is 0 Å². The minimum Gasteiger partial charge on any atom is -0.477 e. The summed E-state index contributed by atoms with van der Waals surface area (Å²) >= 11 is 3.31. The fourth-order valence-corrected chi connectivity index (χ4v) is 2.20. The van der Waals surface area contributed by atoms with E-state index in [1.165, 1.54) is 0 Å². The smallest absolute Gasteiger partial charge is 0.352 e. The van der Waals surface area contributed by atoms with Crippen molar-refractivity contribution in [3.05, 3.63) is 22.4 Å². The zero-order valence-electron chi connectivity index (χ0n) is 11.2. The van der Waals surface area contributed by atoms with Crippen molar-refractivity contribution in [2.45, 2.75) is 39.3 Å². The van der Waals surface area contributed by atoms with Crippen molar-refractivity contribution >= 4 is 21.9 Å². The molecule has 0 unspecified atom stereocenters. The number of rotatable bonds is 7. The topological polar surface area (TPSA) is 45.5 Å². The Kier molecular flexibility index (Phi) is 5.88. The molecule has 0 aromatic carbocycles. The Morgan fingerprint density at radius 3 is 2.72 bits per heavy atom. The summed E-state index contributed by atoms with van der Waals surface area (Å²) < 4.78 is 2.61. The number of halogens is 1. The molecule has 0 aliphatic rings. The molecular formula is C13H21BrN2O2. The number of aryl methyl sites for hydroxylation is 1. The minimum absolute atomic E-state index is 0.346. The first kappa shape index (κ1) is 15.2. The van der Waals surface area contributed by atoms with Gasteiger partial charge in [0.05, 0.1) is 0 Å². The molecule has 0 bridgehead atoms. The van der Waals surface area contributed by atoms with Gasteiger partial charge in [-0.15, -0.1) is 0 Å². The fourth-order valence-electron chi connectivity index (χ4n) is 1.74. The van der Waals surface area contributed by atoms with Crippen LogP contribution in [0.5, 0.6) is 0 Å². The largest absolute Gasteiger partial charge is 0.477 e. The van der Waals surface area contributed by atoms with Crippen molar-refractivity contribution in [1.82, 2.24) is 9.47 Å². The van der Waals surface area contributed by atoms with E-state index in [0.717, 1.165) is 30.4 Å². The Labute approximate surface area is 117 Å². The van der Waals surface area contributed by atoms with E-state index < -0.39 is 5.97 Å². The van der Waals surface area contributed by atoms with Gasteiger partial charge in [0.2, 0.25) is 0 Å². The highest BCUT2D eigenvalue weighted by Crippen LogP contribution is 2.16. The molecule has 5 heteroatoms. The second-order valence-corrected chi connectivity index (χ2v) is 5.74. The number of aromatic carboxylic acids is 1. The maximum Gasteiger partial charge on any atom is 0.352 e. The molecule has 0 fully saturated rings. The van der Waals surface area contributed by atoms with Crippen LogP contribution in [0.3, 0.4) is 0 Å². The molecule has 0 spiro atoms. The van der Waals surface area contributed by atoms with Gasteiger partial charge in [-0.05, 0) is 62.3 Å². The van der Waals surface area contributed by atoms with Crippen molar-refractivity contribution in [2.24, 2.45) is 0 Å². The molecule has 0 radical (unpaired) electrons. The van der Waals surface area contributed by atoms with Gasteiger partial charge in [-0.3, -0.25) is 0 Å². The van der Waals surface area contributed by atoms with Gasteiger partial charge >= 0.3 is 5.97 Å². The van der Waals surface area contributed by atoms with Gasteiger partial charge < -0.3 is 14.6 Å². The number of carboxylic acid groups (broad SMARTS) is 1. The maximum absolute atomic E-state index is 11.0. The van der Waals surface area contributed by atoms with Crippen molar-refractivity contribution in [3.63, 3.8) is 0 Å². The lowest BCUT2D eigenvalue weighted by molar-refractivity contribution is 0.0685. The number of unbranched alkanes of at least 4 members (excludes halogenated alkanes) is 1. The zero-order chi connectivity index (χ0) is 13.7. The molecule has 0 saturated carbocycles. The predicted molar refractivity (Wildman–Crippen MR) is 76.1 cm³/mol. The summed E-state index contributed by atoms with van der Waals surface area (Å²) in [6, 6.07) is 2.20. The first-order valence-corrected chi connectivity index (χ1v) is 7.00. The highest BCUT2D eigenvalue weighted by Gasteiger charge is 2.11. The zero-order valence-corrected chi connectivity index (χ0v) is 12.8. The van der Waals surface area contributed by atoms with Gasteiger partial charge in [0.15, 0.2) is 0 Å². The number of hydrogen-bond donors (Lipinski definition) is 1. The number of nitrogens with zero attached hydrogens (tertiary/aromatic N) is 2. The summed E-state index contributed by atoms with van der Waals surface area (Å²) in [5.41, 5.74) is 0.346. The Hall–Kier alpha value is -0.810. The summed E-state index contributed by atoms with van der Waals surface area (Å²) in [6.45, 7) is 6.14. The van der Waals surface area contributed by atoms with Crippen LogP contribution in [0.25, 0.3) is 0 Å². The molecule has 1 aromatic rings. The second-order valence-electron chi connectivity index (χ2n) is 4.82. The van der Waals surface area contributed by atoms with Crippen LogP contribution in [0.1, 0.15) is 37.2 Å². The van der Waals surface area contributed by atoms with E-state index in [-0.39, 0.29) is 0 Å². The molecule has 0 amide bonds. The number of hydrogen-bond acceptors (Lipinski definition) is 2. The van der Waals surface area contributed by atoms with Gasteiger partial charge in [0.25, 0.3) is 0 Å². The Balaban J connectivity index is 2.42. The van der Waals surface area contributed by atoms with Crippen LogP contribution < -0.4 is 0 Å². The summed E-state index contributed by atoms with van der Waals surface area (Å²) in [5.74, 6) is -0.875. The molecule has 0 aliphatic heterocycles. The molecular weight excluding hydrogens is 296 g/mol. The van der Waals surface area contributed by atoms with Gasteiger partial charge in [-0.2, -0.15) is 0 Å². The third kappa shape index (κ3) is 4.46. The lowest BCUT2D eigenvalue weighted by Gasteiger charge is -2.20. The lowest BCUT2D eigenvalue weighted by Crippen LogP contribution is -2.27. The van der Waals surface area contributed by atoms with Crippen LogP contribution >= 0.6 is 15.9 Å². The quantitative estimate of drug-likeness (QED) is 0.786. The molecule has 1 heterocycles. The van der Waals surface area contributed by atoms with Crippen molar-refractivity contribution in [2.75, 3.05) is 13.6 Å². The normalized spacial score (nSPS) is 11.4. The summed E-state index contributed by atoms with van der Waals surface area (Å²) in [6.07, 6.45) is 3.89. The summed E-state index contributed by atoms with van der Waals surface area (Å²) in [4.78, 5) is 13.3. The summed E-state index contributed by atoms with van der Waals surface area (Å²) in [7, 11) is 2.11. The monoisotopic (exact) mass is 316 g/mol. The highest BCUT2D eigenvalue weighted by molar-refractivity contribution is 9.10. The van der Waals surface area contributed by atoms with Crippen molar-refractivity contribution in [1.29, 1.82) is 0 Å². The van der Waals surface area contributed by atoms with E-state index in [2.05, 4.69) is 41.7 Å². The molecule has 1 rings (SSSR count). The van der Waals surface area contributed by atoms with E-state index in [9.17, 15) is 4.79 Å². The number of carbonyl (C=O) groups is 1. The summed E-state index contributed by atoms with van der Waals surface area (Å²) in [5, 5.41) is 9.05. The molecule has 0 aliphatic carbocycles. The SMILES string of the molecule is CC(C)N(C)CCCCn1cc(Br)cc1C(=O)O. The standard InChI is InChI=1S/C13H21BrN2O2/c1-10(2)15(3)6-4-5-7-16-9-11(14)8-12(16)13(17)18/h8-10H,4-7H2,1-3H3,(H,17,18). The van der Waals surface area contributed by atoms with Gasteiger partial charge in [-0.25, -0.2) is 4.79 Å². The van der Waals surface area contributed by atoms with Crippen LogP contribution in [-0.2, 0) is 6.54 Å². The molecule has 1 aromatic heterocycles. The van der Waals surface area contributed by atoms with E-state index in [0.29, 0.717) is 11.7 Å². The molecule has 1 N–H and O–H groups in total. The van der Waals surface area contributed by atoms with Gasteiger partial charge in [0.1, 0.15) is 5.69 Å².